The molecule has 1 N–H and O–H groups in total. The van der Waals surface area contributed by atoms with Gasteiger partial charge in [-0.2, -0.15) is 5.10 Å². The molecule has 0 aliphatic rings. The number of hydrazone groups is 1. The zero-order valence-corrected chi connectivity index (χ0v) is 22.2. The van der Waals surface area contributed by atoms with Gasteiger partial charge in [-0.15, -0.1) is 0 Å². The zero-order chi connectivity index (χ0) is 25.9. The lowest BCUT2D eigenvalue weighted by molar-refractivity contribution is -0.384. The molecule has 0 bridgehead atoms. The van der Waals surface area contributed by atoms with E-state index in [1.165, 1.54) is 18.3 Å². The molecule has 0 saturated heterocycles. The minimum absolute atomic E-state index is 0.0162. The van der Waals surface area contributed by atoms with Gasteiger partial charge in [-0.25, -0.2) is 5.43 Å². The summed E-state index contributed by atoms with van der Waals surface area (Å²) in [5.41, 5.74) is 4.55. The molecule has 1 amide bonds. The van der Waals surface area contributed by atoms with Crippen LogP contribution in [0.15, 0.2) is 97.3 Å². The summed E-state index contributed by atoms with van der Waals surface area (Å²) < 4.78 is 13.3. The summed E-state index contributed by atoms with van der Waals surface area (Å²) in [5.74, 6) is 0.176. The van der Waals surface area contributed by atoms with Gasteiger partial charge >= 0.3 is 5.91 Å². The number of amides is 1. The quantitative estimate of drug-likeness (QED) is 0.116. The molecule has 1 aromatic heterocycles. The first-order chi connectivity index (χ1) is 17.9. The lowest BCUT2D eigenvalue weighted by Gasteiger charge is -2.12. The maximum absolute atomic E-state index is 12.7. The smallest absolute Gasteiger partial charge is 0.307 e. The minimum Gasteiger partial charge on any atom is -0.488 e. The standard InChI is InChI=1S/C27H17Br2N3O5/c28-19-11-18-12-25(37-26(18)23(29)13-19)27(33)31-30-14-22-21-4-2-1-3-17(21)7-10-24(22)36-15-16-5-8-20(9-6-16)32(34)35/h1-14H,15H2,(H,31,33)/b30-14-. The number of rotatable bonds is 7. The van der Waals surface area contributed by atoms with Crippen LogP contribution in [-0.4, -0.2) is 17.0 Å². The number of furan rings is 1. The monoisotopic (exact) mass is 621 g/mol. The first-order valence-corrected chi connectivity index (χ1v) is 12.6. The van der Waals surface area contributed by atoms with E-state index in [0.29, 0.717) is 16.9 Å². The van der Waals surface area contributed by atoms with E-state index in [0.717, 1.165) is 30.7 Å². The van der Waals surface area contributed by atoms with Gasteiger partial charge in [0, 0.05) is 27.6 Å². The predicted octanol–water partition coefficient (Wildman–Crippen LogP) is 7.36. The van der Waals surface area contributed by atoms with Crippen molar-refractivity contribution in [2.45, 2.75) is 6.61 Å². The Kier molecular flexibility index (Phi) is 7.02. The molecule has 184 valence electrons. The Balaban J connectivity index is 1.38. The van der Waals surface area contributed by atoms with E-state index in [-0.39, 0.29) is 18.1 Å². The number of halogens is 2. The predicted molar refractivity (Wildman–Crippen MR) is 148 cm³/mol. The summed E-state index contributed by atoms with van der Waals surface area (Å²) in [5, 5.41) is 17.7. The van der Waals surface area contributed by atoms with Crippen LogP contribution in [-0.2, 0) is 6.61 Å². The van der Waals surface area contributed by atoms with Crippen molar-refractivity contribution in [1.82, 2.24) is 5.43 Å². The van der Waals surface area contributed by atoms with Gasteiger partial charge in [-0.05, 0) is 68.7 Å². The third-order valence-electron chi connectivity index (χ3n) is 5.59. The summed E-state index contributed by atoms with van der Waals surface area (Å²) in [7, 11) is 0. The number of nitro benzene ring substituents is 1. The van der Waals surface area contributed by atoms with Crippen LogP contribution in [0.5, 0.6) is 5.75 Å². The fourth-order valence-electron chi connectivity index (χ4n) is 3.81. The number of fused-ring (bicyclic) bond motifs is 2. The number of nitrogens with zero attached hydrogens (tertiary/aromatic N) is 2. The van der Waals surface area contributed by atoms with Gasteiger partial charge in [0.15, 0.2) is 5.76 Å². The number of hydrogen-bond acceptors (Lipinski definition) is 6. The Hall–Kier alpha value is -4.02. The molecule has 0 saturated carbocycles. The van der Waals surface area contributed by atoms with Crippen molar-refractivity contribution in [1.29, 1.82) is 0 Å². The van der Waals surface area contributed by atoms with Crippen molar-refractivity contribution >= 4 is 71.4 Å². The van der Waals surface area contributed by atoms with Crippen LogP contribution in [0, 0.1) is 10.1 Å². The van der Waals surface area contributed by atoms with E-state index < -0.39 is 10.8 Å². The molecule has 0 radical (unpaired) electrons. The molecular weight excluding hydrogens is 606 g/mol. The van der Waals surface area contributed by atoms with Crippen LogP contribution in [0.3, 0.4) is 0 Å². The Morgan fingerprint density at radius 1 is 1.03 bits per heavy atom. The Morgan fingerprint density at radius 2 is 1.81 bits per heavy atom. The molecular formula is C27H17Br2N3O5. The van der Waals surface area contributed by atoms with Gasteiger partial charge in [0.2, 0.25) is 0 Å². The van der Waals surface area contributed by atoms with E-state index in [4.69, 9.17) is 9.15 Å². The molecule has 0 fully saturated rings. The summed E-state index contributed by atoms with van der Waals surface area (Å²) in [6, 6.07) is 23.0. The Bertz CT molecular complexity index is 1680. The zero-order valence-electron chi connectivity index (χ0n) is 19.0. The highest BCUT2D eigenvalue weighted by Crippen LogP contribution is 2.31. The lowest BCUT2D eigenvalue weighted by Crippen LogP contribution is -2.16. The Morgan fingerprint density at radius 3 is 2.59 bits per heavy atom. The summed E-state index contributed by atoms with van der Waals surface area (Å²) in [6.45, 7) is 0.201. The largest absolute Gasteiger partial charge is 0.488 e. The van der Waals surface area contributed by atoms with Crippen molar-refractivity contribution in [3.8, 4) is 5.75 Å². The third-order valence-corrected chi connectivity index (χ3v) is 6.64. The molecule has 0 spiro atoms. The van der Waals surface area contributed by atoms with Crippen molar-refractivity contribution < 1.29 is 18.9 Å². The van der Waals surface area contributed by atoms with Crippen LogP contribution >= 0.6 is 31.9 Å². The van der Waals surface area contributed by atoms with E-state index in [2.05, 4.69) is 42.4 Å². The molecule has 37 heavy (non-hydrogen) atoms. The highest BCUT2D eigenvalue weighted by molar-refractivity contribution is 9.11. The maximum atomic E-state index is 12.7. The molecule has 5 rings (SSSR count). The molecule has 10 heteroatoms. The van der Waals surface area contributed by atoms with Crippen LogP contribution in [0.2, 0.25) is 0 Å². The second kappa shape index (κ2) is 10.5. The first kappa shape index (κ1) is 24.7. The fourth-order valence-corrected chi connectivity index (χ4v) is 5.15. The number of hydrogen-bond donors (Lipinski definition) is 1. The number of nitro groups is 1. The van der Waals surface area contributed by atoms with E-state index in [1.54, 1.807) is 18.2 Å². The molecule has 0 aliphatic carbocycles. The van der Waals surface area contributed by atoms with Gasteiger partial charge < -0.3 is 9.15 Å². The summed E-state index contributed by atoms with van der Waals surface area (Å²) in [4.78, 5) is 23.2. The van der Waals surface area contributed by atoms with Gasteiger partial charge in [0.05, 0.1) is 15.6 Å². The molecule has 0 aliphatic heterocycles. The van der Waals surface area contributed by atoms with Crippen LogP contribution in [0.1, 0.15) is 21.7 Å². The number of carbonyl (C=O) groups excluding carboxylic acids is 1. The molecule has 0 atom stereocenters. The number of carbonyl (C=O) groups is 1. The van der Waals surface area contributed by atoms with Crippen molar-refractivity contribution in [2.24, 2.45) is 5.10 Å². The maximum Gasteiger partial charge on any atom is 0.307 e. The van der Waals surface area contributed by atoms with E-state index in [9.17, 15) is 14.9 Å². The number of non-ortho nitro benzene ring substituents is 1. The molecule has 5 aromatic rings. The molecule has 8 nitrogen and oxygen atoms in total. The fraction of sp³-hybridized carbons (Fsp3) is 0.0370. The molecule has 0 unspecified atom stereocenters. The second-order valence-electron chi connectivity index (χ2n) is 8.03. The van der Waals surface area contributed by atoms with Crippen LogP contribution in [0.4, 0.5) is 5.69 Å². The third kappa shape index (κ3) is 5.40. The van der Waals surface area contributed by atoms with E-state index in [1.807, 2.05) is 48.5 Å². The minimum atomic E-state index is -0.496. The van der Waals surface area contributed by atoms with Crippen molar-refractivity contribution in [3.63, 3.8) is 0 Å². The molecule has 1 heterocycles. The Labute approximate surface area is 227 Å². The van der Waals surface area contributed by atoms with Crippen LogP contribution in [0.25, 0.3) is 21.7 Å². The van der Waals surface area contributed by atoms with Gasteiger partial charge in [0.1, 0.15) is 17.9 Å². The van der Waals surface area contributed by atoms with Crippen molar-refractivity contribution in [2.75, 3.05) is 0 Å². The average molecular weight is 623 g/mol. The second-order valence-corrected chi connectivity index (χ2v) is 9.80. The summed E-state index contributed by atoms with van der Waals surface area (Å²) >= 11 is 6.86. The topological polar surface area (TPSA) is 107 Å². The normalized spacial score (nSPS) is 11.3. The number of nitrogens with one attached hydrogen (secondary N) is 1. The van der Waals surface area contributed by atoms with Crippen LogP contribution < -0.4 is 10.2 Å². The lowest BCUT2D eigenvalue weighted by atomic mass is 10.0. The molecule has 4 aromatic carbocycles. The SMILES string of the molecule is O=C(N/N=C\c1c(OCc2ccc([N+](=O)[O-])cc2)ccc2ccccc12)c1cc2cc(Br)cc(Br)c2o1. The number of benzene rings is 4. The van der Waals surface area contributed by atoms with Gasteiger partial charge in [-0.3, -0.25) is 14.9 Å². The van der Waals surface area contributed by atoms with Crippen molar-refractivity contribution in [3.05, 3.63) is 115 Å². The van der Waals surface area contributed by atoms with Gasteiger partial charge in [0.25, 0.3) is 5.69 Å². The van der Waals surface area contributed by atoms with Gasteiger partial charge in [-0.1, -0.05) is 46.3 Å². The highest BCUT2D eigenvalue weighted by atomic mass is 79.9. The first-order valence-electron chi connectivity index (χ1n) is 11.0. The summed E-state index contributed by atoms with van der Waals surface area (Å²) in [6.07, 6.45) is 1.53. The highest BCUT2D eigenvalue weighted by Gasteiger charge is 2.15. The average Bonchev–Trinajstić information content (AvgIpc) is 3.33. The number of ether oxygens (including phenoxy) is 1. The van der Waals surface area contributed by atoms with E-state index >= 15 is 0 Å².